The first-order chi connectivity index (χ1) is 7.08. The smallest absolute Gasteiger partial charge is 0.232 e. The minimum absolute atomic E-state index is 0.000993. The third-order valence-electron chi connectivity index (χ3n) is 3.25. The van der Waals surface area contributed by atoms with Crippen LogP contribution in [-0.4, -0.2) is 47.8 Å². The second-order valence-electron chi connectivity index (χ2n) is 4.85. The van der Waals surface area contributed by atoms with Crippen LogP contribution in [0, 0.1) is 11.8 Å². The molecule has 0 N–H and O–H groups in total. The second-order valence-corrected chi connectivity index (χ2v) is 4.85. The van der Waals surface area contributed by atoms with Crippen molar-refractivity contribution in [3.05, 3.63) is 0 Å². The molecule has 4 nitrogen and oxygen atoms in total. The summed E-state index contributed by atoms with van der Waals surface area (Å²) in [5.41, 5.74) is 0. The second kappa shape index (κ2) is 3.93. The molecule has 2 amide bonds. The average Bonchev–Trinajstić information content (AvgIpc) is 2.36. The van der Waals surface area contributed by atoms with Crippen LogP contribution in [0.15, 0.2) is 0 Å². The van der Waals surface area contributed by atoms with Crippen molar-refractivity contribution in [3.8, 4) is 0 Å². The SMILES string of the molecule is CC1CN(CCN2C(=O)CC(C)C2=O)C1. The van der Waals surface area contributed by atoms with Crippen molar-refractivity contribution >= 4 is 11.8 Å². The predicted molar refractivity (Wildman–Crippen MR) is 56.1 cm³/mol. The van der Waals surface area contributed by atoms with Gasteiger partial charge in [0.1, 0.15) is 0 Å². The van der Waals surface area contributed by atoms with Gasteiger partial charge in [-0.15, -0.1) is 0 Å². The molecule has 0 aliphatic carbocycles. The van der Waals surface area contributed by atoms with Crippen molar-refractivity contribution in [2.75, 3.05) is 26.2 Å². The quantitative estimate of drug-likeness (QED) is 0.630. The minimum atomic E-state index is -0.104. The van der Waals surface area contributed by atoms with Crippen molar-refractivity contribution in [2.45, 2.75) is 20.3 Å². The molecular formula is C11H18N2O2. The zero-order chi connectivity index (χ0) is 11.0. The number of likely N-dealkylation sites (tertiary alicyclic amines) is 2. The molecule has 2 heterocycles. The van der Waals surface area contributed by atoms with Crippen LogP contribution in [-0.2, 0) is 9.59 Å². The van der Waals surface area contributed by atoms with Crippen molar-refractivity contribution in [1.82, 2.24) is 9.80 Å². The highest BCUT2D eigenvalue weighted by Gasteiger charge is 2.35. The van der Waals surface area contributed by atoms with E-state index in [-0.39, 0.29) is 17.7 Å². The van der Waals surface area contributed by atoms with Gasteiger partial charge >= 0.3 is 0 Å². The maximum Gasteiger partial charge on any atom is 0.232 e. The molecule has 2 fully saturated rings. The fourth-order valence-electron chi connectivity index (χ4n) is 2.34. The van der Waals surface area contributed by atoms with Gasteiger partial charge in [0, 0.05) is 38.5 Å². The molecule has 15 heavy (non-hydrogen) atoms. The molecule has 2 aliphatic heterocycles. The van der Waals surface area contributed by atoms with Gasteiger partial charge in [0.25, 0.3) is 0 Å². The lowest BCUT2D eigenvalue weighted by atomic mass is 10.0. The van der Waals surface area contributed by atoms with Gasteiger partial charge in [-0.3, -0.25) is 14.5 Å². The lowest BCUT2D eigenvalue weighted by Crippen LogP contribution is -2.49. The summed E-state index contributed by atoms with van der Waals surface area (Å²) in [6, 6.07) is 0. The monoisotopic (exact) mass is 210 g/mol. The van der Waals surface area contributed by atoms with Gasteiger partial charge in [-0.1, -0.05) is 13.8 Å². The topological polar surface area (TPSA) is 40.6 Å². The highest BCUT2D eigenvalue weighted by molar-refractivity contribution is 6.03. The number of hydrogen-bond acceptors (Lipinski definition) is 3. The molecule has 1 atom stereocenters. The number of rotatable bonds is 3. The summed E-state index contributed by atoms with van der Waals surface area (Å²) >= 11 is 0. The van der Waals surface area contributed by atoms with E-state index in [1.165, 1.54) is 4.90 Å². The molecule has 2 saturated heterocycles. The highest BCUT2D eigenvalue weighted by Crippen LogP contribution is 2.19. The van der Waals surface area contributed by atoms with E-state index in [0.29, 0.717) is 13.0 Å². The Morgan fingerprint density at radius 3 is 2.33 bits per heavy atom. The first-order valence-electron chi connectivity index (χ1n) is 5.64. The molecular weight excluding hydrogens is 192 g/mol. The summed E-state index contributed by atoms with van der Waals surface area (Å²) in [6.07, 6.45) is 0.398. The predicted octanol–water partition coefficient (Wildman–Crippen LogP) is 0.333. The average molecular weight is 210 g/mol. The van der Waals surface area contributed by atoms with Gasteiger partial charge < -0.3 is 4.90 Å². The molecule has 0 aromatic rings. The first kappa shape index (κ1) is 10.6. The summed E-state index contributed by atoms with van der Waals surface area (Å²) < 4.78 is 0. The van der Waals surface area contributed by atoms with E-state index < -0.39 is 0 Å². The molecule has 0 saturated carbocycles. The van der Waals surface area contributed by atoms with Gasteiger partial charge in [-0.2, -0.15) is 0 Å². The van der Waals surface area contributed by atoms with Crippen LogP contribution >= 0.6 is 0 Å². The van der Waals surface area contributed by atoms with E-state index in [4.69, 9.17) is 0 Å². The number of amides is 2. The van der Waals surface area contributed by atoms with Crippen LogP contribution < -0.4 is 0 Å². The normalized spacial score (nSPS) is 28.7. The highest BCUT2D eigenvalue weighted by atomic mass is 16.2. The number of hydrogen-bond donors (Lipinski definition) is 0. The zero-order valence-electron chi connectivity index (χ0n) is 9.40. The van der Waals surface area contributed by atoms with Crippen LogP contribution in [0.25, 0.3) is 0 Å². The Hall–Kier alpha value is -0.900. The standard InChI is InChI=1S/C11H18N2O2/c1-8-6-12(7-8)3-4-13-10(14)5-9(2)11(13)15/h8-9H,3-7H2,1-2H3. The summed E-state index contributed by atoms with van der Waals surface area (Å²) in [5.74, 6) is 0.677. The lowest BCUT2D eigenvalue weighted by Gasteiger charge is -2.37. The Kier molecular flexibility index (Phi) is 2.78. The molecule has 0 radical (unpaired) electrons. The molecule has 0 bridgehead atoms. The Bertz CT molecular complexity index is 284. The molecule has 84 valence electrons. The Morgan fingerprint density at radius 2 is 1.87 bits per heavy atom. The van der Waals surface area contributed by atoms with Crippen LogP contribution in [0.4, 0.5) is 0 Å². The van der Waals surface area contributed by atoms with Gasteiger partial charge in [-0.25, -0.2) is 0 Å². The van der Waals surface area contributed by atoms with E-state index in [0.717, 1.165) is 25.6 Å². The van der Waals surface area contributed by atoms with Crippen LogP contribution in [0.1, 0.15) is 20.3 Å². The number of nitrogens with zero attached hydrogens (tertiary/aromatic N) is 2. The fourth-order valence-corrected chi connectivity index (χ4v) is 2.34. The number of carbonyl (C=O) groups is 2. The zero-order valence-corrected chi connectivity index (χ0v) is 9.40. The molecule has 0 aromatic heterocycles. The first-order valence-corrected chi connectivity index (χ1v) is 5.64. The van der Waals surface area contributed by atoms with Crippen molar-refractivity contribution in [3.63, 3.8) is 0 Å². The summed E-state index contributed by atoms with van der Waals surface area (Å²) in [5, 5.41) is 0. The molecule has 2 rings (SSSR count). The van der Waals surface area contributed by atoms with Crippen molar-refractivity contribution < 1.29 is 9.59 Å². The minimum Gasteiger partial charge on any atom is -0.301 e. The lowest BCUT2D eigenvalue weighted by molar-refractivity contribution is -0.139. The maximum atomic E-state index is 11.6. The van der Waals surface area contributed by atoms with E-state index in [1.54, 1.807) is 0 Å². The molecule has 2 aliphatic rings. The summed E-state index contributed by atoms with van der Waals surface area (Å²) in [4.78, 5) is 26.8. The van der Waals surface area contributed by atoms with Crippen LogP contribution in [0.3, 0.4) is 0 Å². The maximum absolute atomic E-state index is 11.6. The molecule has 0 spiro atoms. The summed E-state index contributed by atoms with van der Waals surface area (Å²) in [6.45, 7) is 7.66. The van der Waals surface area contributed by atoms with E-state index in [2.05, 4.69) is 11.8 Å². The van der Waals surface area contributed by atoms with E-state index in [9.17, 15) is 9.59 Å². The van der Waals surface area contributed by atoms with Crippen molar-refractivity contribution in [1.29, 1.82) is 0 Å². The van der Waals surface area contributed by atoms with Crippen LogP contribution in [0.5, 0.6) is 0 Å². The van der Waals surface area contributed by atoms with E-state index >= 15 is 0 Å². The van der Waals surface area contributed by atoms with Gasteiger partial charge in [-0.05, 0) is 5.92 Å². The molecule has 0 aromatic carbocycles. The Labute approximate surface area is 90.2 Å². The molecule has 1 unspecified atom stereocenters. The fraction of sp³-hybridized carbons (Fsp3) is 0.818. The largest absolute Gasteiger partial charge is 0.301 e. The van der Waals surface area contributed by atoms with Crippen LogP contribution in [0.2, 0.25) is 0 Å². The third-order valence-corrected chi connectivity index (χ3v) is 3.25. The summed E-state index contributed by atoms with van der Waals surface area (Å²) in [7, 11) is 0. The Balaban J connectivity index is 1.79. The van der Waals surface area contributed by atoms with Gasteiger partial charge in [0.2, 0.25) is 11.8 Å². The van der Waals surface area contributed by atoms with E-state index in [1.807, 2.05) is 6.92 Å². The van der Waals surface area contributed by atoms with Crippen molar-refractivity contribution in [2.24, 2.45) is 11.8 Å². The van der Waals surface area contributed by atoms with Gasteiger partial charge in [0.15, 0.2) is 0 Å². The Morgan fingerprint density at radius 1 is 1.20 bits per heavy atom. The van der Waals surface area contributed by atoms with Gasteiger partial charge in [0.05, 0.1) is 0 Å². The molecule has 4 heteroatoms. The number of imide groups is 1. The number of carbonyl (C=O) groups excluding carboxylic acids is 2. The third kappa shape index (κ3) is 2.04.